The second kappa shape index (κ2) is 5.18. The number of nitrogens with zero attached hydrogens (tertiary/aromatic N) is 1. The molecule has 0 unspecified atom stereocenters. The molecule has 6 heteroatoms. The van der Waals surface area contributed by atoms with Crippen molar-refractivity contribution in [3.05, 3.63) is 29.8 Å². The summed E-state index contributed by atoms with van der Waals surface area (Å²) < 4.78 is 24.8. The van der Waals surface area contributed by atoms with Crippen LogP contribution >= 0.6 is 0 Å². The van der Waals surface area contributed by atoms with Gasteiger partial charge in [-0.15, -0.1) is 0 Å². The van der Waals surface area contributed by atoms with Crippen molar-refractivity contribution in [1.29, 1.82) is 0 Å². The van der Waals surface area contributed by atoms with Crippen molar-refractivity contribution < 1.29 is 13.2 Å². The molecule has 0 bridgehead atoms. The van der Waals surface area contributed by atoms with E-state index in [0.717, 1.165) is 9.87 Å². The van der Waals surface area contributed by atoms with Crippen LogP contribution in [0.4, 0.5) is 5.69 Å². The molecule has 0 saturated carbocycles. The number of hydrogen-bond donors (Lipinski definition) is 1. The van der Waals surface area contributed by atoms with Crippen LogP contribution in [0.1, 0.15) is 12.5 Å². The van der Waals surface area contributed by atoms with Crippen LogP contribution in [0.3, 0.4) is 0 Å². The SMILES string of the molecule is CCS(=O)(=O)N(CC(N)=O)c1cccc(C)c1. The quantitative estimate of drug-likeness (QED) is 0.839. The number of carbonyl (C=O) groups excluding carboxylic acids is 1. The lowest BCUT2D eigenvalue weighted by Gasteiger charge is -2.22. The summed E-state index contributed by atoms with van der Waals surface area (Å²) in [5.74, 6) is -0.752. The van der Waals surface area contributed by atoms with E-state index in [2.05, 4.69) is 0 Å². The van der Waals surface area contributed by atoms with Crippen molar-refractivity contribution in [2.24, 2.45) is 5.73 Å². The zero-order valence-electron chi connectivity index (χ0n) is 9.88. The average molecular weight is 256 g/mol. The Hall–Kier alpha value is -1.56. The molecule has 0 aliphatic rings. The van der Waals surface area contributed by atoms with Crippen LogP contribution in [0, 0.1) is 6.92 Å². The normalized spacial score (nSPS) is 11.2. The lowest BCUT2D eigenvalue weighted by molar-refractivity contribution is -0.116. The minimum absolute atomic E-state index is 0.0752. The van der Waals surface area contributed by atoms with Crippen LogP contribution in [0.15, 0.2) is 24.3 Å². The van der Waals surface area contributed by atoms with Crippen LogP contribution in [-0.4, -0.2) is 26.6 Å². The van der Waals surface area contributed by atoms with E-state index in [-0.39, 0.29) is 12.3 Å². The van der Waals surface area contributed by atoms with Gasteiger partial charge in [-0.25, -0.2) is 8.42 Å². The number of anilines is 1. The molecule has 0 saturated heterocycles. The van der Waals surface area contributed by atoms with E-state index >= 15 is 0 Å². The Bertz CT molecular complexity index is 511. The number of amides is 1. The first kappa shape index (κ1) is 13.5. The summed E-state index contributed by atoms with van der Waals surface area (Å²) in [5.41, 5.74) is 6.46. The first-order chi connectivity index (χ1) is 7.86. The molecule has 5 nitrogen and oxygen atoms in total. The molecule has 0 heterocycles. The first-order valence-corrected chi connectivity index (χ1v) is 6.83. The number of nitrogens with two attached hydrogens (primary N) is 1. The number of benzene rings is 1. The lowest BCUT2D eigenvalue weighted by Crippen LogP contribution is -2.39. The van der Waals surface area contributed by atoms with Gasteiger partial charge >= 0.3 is 0 Å². The standard InChI is InChI=1S/C11H16N2O3S/c1-3-17(15,16)13(8-11(12)14)10-6-4-5-9(2)7-10/h4-7H,3,8H2,1-2H3,(H2,12,14). The molecule has 0 fully saturated rings. The van der Waals surface area contributed by atoms with E-state index < -0.39 is 15.9 Å². The summed E-state index contributed by atoms with van der Waals surface area (Å²) in [6, 6.07) is 6.94. The molecule has 94 valence electrons. The number of hydrogen-bond acceptors (Lipinski definition) is 3. The third kappa shape index (κ3) is 3.45. The highest BCUT2D eigenvalue weighted by atomic mass is 32.2. The number of carbonyl (C=O) groups is 1. The van der Waals surface area contributed by atoms with Gasteiger partial charge < -0.3 is 5.73 Å². The number of aryl methyl sites for hydroxylation is 1. The maximum Gasteiger partial charge on any atom is 0.238 e. The van der Waals surface area contributed by atoms with Crippen molar-refractivity contribution in [2.75, 3.05) is 16.6 Å². The van der Waals surface area contributed by atoms with Crippen LogP contribution in [0.5, 0.6) is 0 Å². The molecule has 1 amide bonds. The summed E-state index contributed by atoms with van der Waals surface area (Å²) in [6.07, 6.45) is 0. The highest BCUT2D eigenvalue weighted by Gasteiger charge is 2.22. The third-order valence-corrected chi connectivity index (χ3v) is 4.03. The molecule has 2 N–H and O–H groups in total. The van der Waals surface area contributed by atoms with Crippen LogP contribution in [-0.2, 0) is 14.8 Å². The monoisotopic (exact) mass is 256 g/mol. The van der Waals surface area contributed by atoms with E-state index in [0.29, 0.717) is 5.69 Å². The minimum Gasteiger partial charge on any atom is -0.368 e. The number of primary amides is 1. The number of rotatable bonds is 5. The largest absolute Gasteiger partial charge is 0.368 e. The minimum atomic E-state index is -3.49. The summed E-state index contributed by atoms with van der Waals surface area (Å²) in [5, 5.41) is 0. The van der Waals surface area contributed by atoms with Gasteiger partial charge in [-0.05, 0) is 31.5 Å². The van der Waals surface area contributed by atoms with E-state index in [1.807, 2.05) is 13.0 Å². The molecule has 0 aliphatic carbocycles. The summed E-state index contributed by atoms with van der Waals surface area (Å²) >= 11 is 0. The van der Waals surface area contributed by atoms with Gasteiger partial charge in [0.15, 0.2) is 0 Å². The molecule has 0 aliphatic heterocycles. The fraction of sp³-hybridized carbons (Fsp3) is 0.364. The summed E-state index contributed by atoms with van der Waals surface area (Å²) in [4.78, 5) is 10.9. The Kier molecular flexibility index (Phi) is 4.11. The summed E-state index contributed by atoms with van der Waals surface area (Å²) in [6.45, 7) is 3.04. The van der Waals surface area contributed by atoms with Gasteiger partial charge in [0.2, 0.25) is 15.9 Å². The second-order valence-electron chi connectivity index (χ2n) is 3.71. The molecule has 0 atom stereocenters. The van der Waals surface area contributed by atoms with Crippen molar-refractivity contribution in [3.8, 4) is 0 Å². The second-order valence-corrected chi connectivity index (χ2v) is 5.89. The van der Waals surface area contributed by atoms with E-state index in [4.69, 9.17) is 5.73 Å². The smallest absolute Gasteiger partial charge is 0.238 e. The maximum atomic E-state index is 11.9. The van der Waals surface area contributed by atoms with Gasteiger partial charge in [0.05, 0.1) is 11.4 Å². The maximum absolute atomic E-state index is 11.9. The molecule has 0 spiro atoms. The van der Waals surface area contributed by atoms with E-state index in [1.54, 1.807) is 18.2 Å². The summed E-state index contributed by atoms with van der Waals surface area (Å²) in [7, 11) is -3.49. The topological polar surface area (TPSA) is 80.5 Å². The Morgan fingerprint density at radius 1 is 1.41 bits per heavy atom. The molecule has 1 rings (SSSR count). The Labute approximate surface area is 101 Å². The van der Waals surface area contributed by atoms with Gasteiger partial charge in [0, 0.05) is 0 Å². The number of sulfonamides is 1. The molecule has 0 radical (unpaired) electrons. The molecule has 0 aromatic heterocycles. The van der Waals surface area contributed by atoms with Crippen molar-refractivity contribution in [3.63, 3.8) is 0 Å². The van der Waals surface area contributed by atoms with Crippen molar-refractivity contribution >= 4 is 21.6 Å². The zero-order valence-corrected chi connectivity index (χ0v) is 10.7. The molecular weight excluding hydrogens is 240 g/mol. The van der Waals surface area contributed by atoms with E-state index in [1.165, 1.54) is 6.92 Å². The highest BCUT2D eigenvalue weighted by Crippen LogP contribution is 2.19. The van der Waals surface area contributed by atoms with Gasteiger partial charge in [0.25, 0.3) is 0 Å². The van der Waals surface area contributed by atoms with Crippen LogP contribution in [0.2, 0.25) is 0 Å². The van der Waals surface area contributed by atoms with Crippen molar-refractivity contribution in [2.45, 2.75) is 13.8 Å². The Balaban J connectivity index is 3.20. The zero-order chi connectivity index (χ0) is 13.1. The third-order valence-electron chi connectivity index (χ3n) is 2.29. The van der Waals surface area contributed by atoms with Crippen LogP contribution in [0.25, 0.3) is 0 Å². The van der Waals surface area contributed by atoms with Crippen LogP contribution < -0.4 is 10.0 Å². The highest BCUT2D eigenvalue weighted by molar-refractivity contribution is 7.92. The molecule has 17 heavy (non-hydrogen) atoms. The molecule has 1 aromatic rings. The van der Waals surface area contributed by atoms with Gasteiger partial charge in [-0.2, -0.15) is 0 Å². The fourth-order valence-corrected chi connectivity index (χ4v) is 2.50. The molecule has 1 aromatic carbocycles. The lowest BCUT2D eigenvalue weighted by atomic mass is 10.2. The average Bonchev–Trinajstić information content (AvgIpc) is 2.25. The Morgan fingerprint density at radius 2 is 2.06 bits per heavy atom. The first-order valence-electron chi connectivity index (χ1n) is 5.22. The van der Waals surface area contributed by atoms with Crippen molar-refractivity contribution in [1.82, 2.24) is 0 Å². The Morgan fingerprint density at radius 3 is 2.53 bits per heavy atom. The molecular formula is C11H16N2O3S. The van der Waals surface area contributed by atoms with Gasteiger partial charge in [0.1, 0.15) is 6.54 Å². The van der Waals surface area contributed by atoms with Gasteiger partial charge in [-0.1, -0.05) is 12.1 Å². The van der Waals surface area contributed by atoms with Gasteiger partial charge in [-0.3, -0.25) is 9.10 Å². The predicted molar refractivity (Wildman–Crippen MR) is 67.2 cm³/mol. The van der Waals surface area contributed by atoms with E-state index in [9.17, 15) is 13.2 Å². The fourth-order valence-electron chi connectivity index (χ4n) is 1.43. The predicted octanol–water partition coefficient (Wildman–Crippen LogP) is 0.636.